The van der Waals surface area contributed by atoms with E-state index < -0.39 is 36.3 Å². The second-order valence-corrected chi connectivity index (χ2v) is 7.80. The summed E-state index contributed by atoms with van der Waals surface area (Å²) < 4.78 is 15.1. The second kappa shape index (κ2) is 12.0. The molecule has 2 aromatic rings. The van der Waals surface area contributed by atoms with Crippen LogP contribution in [0.5, 0.6) is 0 Å². The molecule has 0 aliphatic carbocycles. The molecule has 0 saturated carbocycles. The molecule has 10 heteroatoms. The largest absolute Gasteiger partial charge is 0.460 e. The summed E-state index contributed by atoms with van der Waals surface area (Å²) in [5.41, 5.74) is 6.48. The van der Waals surface area contributed by atoms with Gasteiger partial charge >= 0.3 is 11.9 Å². The first-order valence-electron chi connectivity index (χ1n) is 9.90. The Hall–Kier alpha value is -3.24. The van der Waals surface area contributed by atoms with Crippen LogP contribution in [0.15, 0.2) is 30.3 Å². The first kappa shape index (κ1) is 25.0. The van der Waals surface area contributed by atoms with Gasteiger partial charge in [-0.2, -0.15) is 0 Å². The minimum atomic E-state index is -0.737. The van der Waals surface area contributed by atoms with Crippen molar-refractivity contribution in [2.45, 2.75) is 26.2 Å². The van der Waals surface area contributed by atoms with Crippen LogP contribution in [0, 0.1) is 6.92 Å². The minimum absolute atomic E-state index is 0.000579. The normalized spacial score (nSPS) is 11.5. The maximum absolute atomic E-state index is 12.5. The van der Waals surface area contributed by atoms with Crippen LogP contribution in [0.25, 0.3) is 0 Å². The third-order valence-electron chi connectivity index (χ3n) is 4.59. The number of nitrogens with one attached hydrogen (secondary N) is 1. The molecule has 2 amide bonds. The van der Waals surface area contributed by atoms with Crippen molar-refractivity contribution in [3.05, 3.63) is 51.9 Å². The molecule has 0 aliphatic heterocycles. The Morgan fingerprint density at radius 2 is 1.78 bits per heavy atom. The summed E-state index contributed by atoms with van der Waals surface area (Å²) in [6, 6.07) is 9.12. The van der Waals surface area contributed by atoms with E-state index in [1.165, 1.54) is 14.0 Å². The lowest BCUT2D eigenvalue weighted by Crippen LogP contribution is -2.24. The van der Waals surface area contributed by atoms with Crippen molar-refractivity contribution in [3.8, 4) is 0 Å². The van der Waals surface area contributed by atoms with Crippen LogP contribution < -0.4 is 11.1 Å². The summed E-state index contributed by atoms with van der Waals surface area (Å²) in [6.45, 7) is 3.02. The van der Waals surface area contributed by atoms with Crippen LogP contribution >= 0.6 is 11.3 Å². The van der Waals surface area contributed by atoms with Gasteiger partial charge in [0, 0.05) is 7.11 Å². The molecule has 2 rings (SSSR count). The van der Waals surface area contributed by atoms with E-state index in [0.717, 1.165) is 16.9 Å². The summed E-state index contributed by atoms with van der Waals surface area (Å²) >= 11 is 0.853. The minimum Gasteiger partial charge on any atom is -0.460 e. The number of methoxy groups -OCH3 is 1. The van der Waals surface area contributed by atoms with E-state index >= 15 is 0 Å². The maximum Gasteiger partial charge on any atom is 0.341 e. The number of hydrogen-bond donors (Lipinski definition) is 2. The average molecular weight is 463 g/mol. The van der Waals surface area contributed by atoms with Crippen molar-refractivity contribution < 1.29 is 33.4 Å². The number of benzene rings is 1. The van der Waals surface area contributed by atoms with E-state index in [1.807, 2.05) is 37.3 Å². The number of carbonyl (C=O) groups excluding carboxylic acids is 4. The predicted octanol–water partition coefficient (Wildman–Crippen LogP) is 2.63. The summed E-state index contributed by atoms with van der Waals surface area (Å²) in [6.07, 6.45) is 0.508. The lowest BCUT2D eigenvalue weighted by molar-refractivity contribution is -0.149. The van der Waals surface area contributed by atoms with Crippen LogP contribution in [-0.4, -0.2) is 50.7 Å². The van der Waals surface area contributed by atoms with Gasteiger partial charge in [-0.1, -0.05) is 37.3 Å². The molecule has 0 bridgehead atoms. The highest BCUT2D eigenvalue weighted by molar-refractivity contribution is 7.18. The molecular weight excluding hydrogens is 436 g/mol. The van der Waals surface area contributed by atoms with E-state index in [1.54, 1.807) is 0 Å². The first-order chi connectivity index (χ1) is 15.3. The molecule has 1 unspecified atom stereocenters. The van der Waals surface area contributed by atoms with E-state index in [2.05, 4.69) is 5.32 Å². The highest BCUT2D eigenvalue weighted by Crippen LogP contribution is 2.33. The van der Waals surface area contributed by atoms with Crippen LogP contribution in [0.4, 0.5) is 5.00 Å². The molecule has 1 aromatic carbocycles. The summed E-state index contributed by atoms with van der Waals surface area (Å²) in [4.78, 5) is 49.2. The van der Waals surface area contributed by atoms with Gasteiger partial charge in [0.25, 0.3) is 11.8 Å². The van der Waals surface area contributed by atoms with Crippen LogP contribution in [0.2, 0.25) is 0 Å². The van der Waals surface area contributed by atoms with Crippen molar-refractivity contribution in [1.29, 1.82) is 0 Å². The highest BCUT2D eigenvalue weighted by Gasteiger charge is 2.27. The van der Waals surface area contributed by atoms with Crippen LogP contribution in [-0.2, 0) is 23.8 Å². The second-order valence-electron chi connectivity index (χ2n) is 6.78. The maximum atomic E-state index is 12.5. The number of thiophene rings is 1. The number of hydrogen-bond acceptors (Lipinski definition) is 8. The van der Waals surface area contributed by atoms with Crippen molar-refractivity contribution in [2.24, 2.45) is 5.73 Å². The quantitative estimate of drug-likeness (QED) is 0.387. The number of carbonyl (C=O) groups is 4. The zero-order chi connectivity index (χ0) is 23.7. The molecule has 0 saturated heterocycles. The SMILES string of the molecule is CCC(C(=O)OCC(=O)Nc1sc(C(N)=O)c(C)c1C(=O)OCCOC)c1ccccc1. The number of primary amides is 1. The monoisotopic (exact) mass is 462 g/mol. The lowest BCUT2D eigenvalue weighted by atomic mass is 9.97. The number of rotatable bonds is 11. The van der Waals surface area contributed by atoms with Gasteiger partial charge in [-0.3, -0.25) is 14.4 Å². The topological polar surface area (TPSA) is 134 Å². The molecule has 0 fully saturated rings. The molecule has 0 spiro atoms. The van der Waals surface area contributed by atoms with Gasteiger partial charge in [0.15, 0.2) is 6.61 Å². The van der Waals surface area contributed by atoms with Gasteiger partial charge in [-0.25, -0.2) is 4.79 Å². The molecule has 1 atom stereocenters. The standard InChI is InChI=1S/C22H26N2O7S/c1-4-15(14-8-6-5-7-9-14)21(27)31-12-16(25)24-20-17(22(28)30-11-10-29-3)13(2)18(32-20)19(23)26/h5-9,15H,4,10-12H2,1-3H3,(H2,23,26)(H,24,25). The molecule has 9 nitrogen and oxygen atoms in total. The highest BCUT2D eigenvalue weighted by atomic mass is 32.1. The van der Waals surface area contributed by atoms with Crippen LogP contribution in [0.3, 0.4) is 0 Å². The van der Waals surface area contributed by atoms with Crippen molar-refractivity contribution in [3.63, 3.8) is 0 Å². The zero-order valence-electron chi connectivity index (χ0n) is 18.1. The van der Waals surface area contributed by atoms with E-state index in [9.17, 15) is 19.2 Å². The third kappa shape index (κ3) is 6.38. The van der Waals surface area contributed by atoms with Gasteiger partial charge in [0.1, 0.15) is 11.6 Å². The number of amides is 2. The van der Waals surface area contributed by atoms with Gasteiger partial charge in [0.2, 0.25) is 0 Å². The summed E-state index contributed by atoms with van der Waals surface area (Å²) in [7, 11) is 1.46. The molecule has 3 N–H and O–H groups in total. The predicted molar refractivity (Wildman–Crippen MR) is 119 cm³/mol. The molecule has 172 valence electrons. The number of anilines is 1. The molecule has 0 radical (unpaired) electrons. The van der Waals surface area contributed by atoms with Gasteiger partial charge in [0.05, 0.1) is 23.0 Å². The van der Waals surface area contributed by atoms with Gasteiger partial charge < -0.3 is 25.3 Å². The van der Waals surface area contributed by atoms with Crippen LogP contribution in [0.1, 0.15) is 50.4 Å². The Morgan fingerprint density at radius 3 is 2.38 bits per heavy atom. The Labute approximate surface area is 189 Å². The molecule has 1 heterocycles. The average Bonchev–Trinajstić information content (AvgIpc) is 3.09. The van der Waals surface area contributed by atoms with Gasteiger partial charge in [-0.15, -0.1) is 11.3 Å². The number of nitrogens with two attached hydrogens (primary N) is 1. The van der Waals surface area contributed by atoms with Gasteiger partial charge in [-0.05, 0) is 24.5 Å². The van der Waals surface area contributed by atoms with Crippen molar-refractivity contribution in [1.82, 2.24) is 0 Å². The third-order valence-corrected chi connectivity index (χ3v) is 5.81. The lowest BCUT2D eigenvalue weighted by Gasteiger charge is -2.14. The molecule has 32 heavy (non-hydrogen) atoms. The Kier molecular flexibility index (Phi) is 9.36. The van der Waals surface area contributed by atoms with E-state index in [4.69, 9.17) is 19.9 Å². The molecule has 0 aliphatic rings. The number of esters is 2. The molecular formula is C22H26N2O7S. The summed E-state index contributed by atoms with van der Waals surface area (Å²) in [5.74, 6) is -3.16. The van der Waals surface area contributed by atoms with Crippen molar-refractivity contribution >= 4 is 40.1 Å². The number of ether oxygens (including phenoxy) is 3. The zero-order valence-corrected chi connectivity index (χ0v) is 19.0. The fourth-order valence-electron chi connectivity index (χ4n) is 3.00. The Morgan fingerprint density at radius 1 is 1.09 bits per heavy atom. The first-order valence-corrected chi connectivity index (χ1v) is 10.7. The van der Waals surface area contributed by atoms with E-state index in [0.29, 0.717) is 12.0 Å². The fourth-order valence-corrected chi connectivity index (χ4v) is 4.06. The summed E-state index contributed by atoms with van der Waals surface area (Å²) in [5, 5.41) is 2.61. The Balaban J connectivity index is 2.09. The van der Waals surface area contributed by atoms with E-state index in [-0.39, 0.29) is 28.7 Å². The van der Waals surface area contributed by atoms with Crippen molar-refractivity contribution in [2.75, 3.05) is 32.2 Å². The smallest absolute Gasteiger partial charge is 0.341 e. The Bertz CT molecular complexity index is 972. The fraction of sp³-hybridized carbons (Fsp3) is 0.364. The molecule has 1 aromatic heterocycles.